The lowest BCUT2D eigenvalue weighted by Gasteiger charge is -2.22. The molecule has 0 bridgehead atoms. The van der Waals surface area contributed by atoms with E-state index in [1.165, 1.54) is 0 Å². The second-order valence-electron chi connectivity index (χ2n) is 3.39. The molecule has 1 aliphatic rings. The Balaban J connectivity index is 1.89. The van der Waals surface area contributed by atoms with Crippen LogP contribution < -0.4 is 5.32 Å². The maximum atomic E-state index is 5.34. The zero-order chi connectivity index (χ0) is 9.80. The van der Waals surface area contributed by atoms with Crippen molar-refractivity contribution in [2.45, 2.75) is 25.8 Å². The molecule has 5 heteroatoms. The minimum Gasteiger partial charge on any atom is -0.378 e. The van der Waals surface area contributed by atoms with Gasteiger partial charge in [0.1, 0.15) is 0 Å². The molecule has 78 valence electrons. The van der Waals surface area contributed by atoms with Gasteiger partial charge in [-0.2, -0.15) is 4.98 Å². The van der Waals surface area contributed by atoms with Gasteiger partial charge in [0.25, 0.3) is 0 Å². The minimum absolute atomic E-state index is 0.314. The molecule has 1 aromatic rings. The smallest absolute Gasteiger partial charge is 0.228 e. The van der Waals surface area contributed by atoms with E-state index in [1.807, 2.05) is 6.92 Å². The summed E-state index contributed by atoms with van der Waals surface area (Å²) in [5.41, 5.74) is 0. The van der Waals surface area contributed by atoms with E-state index < -0.39 is 0 Å². The minimum atomic E-state index is 0.314. The first-order valence-electron chi connectivity index (χ1n) is 5.01. The van der Waals surface area contributed by atoms with Crippen molar-refractivity contribution in [1.82, 2.24) is 15.5 Å². The Morgan fingerprint density at radius 2 is 2.50 bits per heavy atom. The van der Waals surface area contributed by atoms with Crippen LogP contribution in [0.4, 0.5) is 0 Å². The average Bonchev–Trinajstić information content (AvgIpc) is 2.67. The monoisotopic (exact) mass is 197 g/mol. The van der Waals surface area contributed by atoms with Gasteiger partial charge < -0.3 is 14.6 Å². The standard InChI is InChI=1S/C9H15N3O2/c1-2-8-11-9(14-12-8)5-7-6-13-4-3-10-7/h7,10H,2-6H2,1H3. The lowest BCUT2D eigenvalue weighted by molar-refractivity contribution is 0.0744. The number of aromatic nitrogens is 2. The van der Waals surface area contributed by atoms with E-state index in [4.69, 9.17) is 9.26 Å². The van der Waals surface area contributed by atoms with Gasteiger partial charge in [-0.15, -0.1) is 0 Å². The molecular formula is C9H15N3O2. The van der Waals surface area contributed by atoms with Gasteiger partial charge in [0.2, 0.25) is 5.89 Å². The first kappa shape index (κ1) is 9.61. The normalized spacial score (nSPS) is 22.5. The predicted molar refractivity (Wildman–Crippen MR) is 50.0 cm³/mol. The Bertz CT molecular complexity index is 281. The van der Waals surface area contributed by atoms with Gasteiger partial charge in [-0.05, 0) is 0 Å². The third-order valence-electron chi connectivity index (χ3n) is 2.25. The van der Waals surface area contributed by atoms with E-state index in [0.717, 1.165) is 38.4 Å². The second kappa shape index (κ2) is 4.52. The molecule has 1 fully saturated rings. The summed E-state index contributed by atoms with van der Waals surface area (Å²) in [7, 11) is 0. The van der Waals surface area contributed by atoms with Crippen LogP contribution in [0.15, 0.2) is 4.52 Å². The van der Waals surface area contributed by atoms with Gasteiger partial charge in [0, 0.05) is 25.4 Å². The number of ether oxygens (including phenoxy) is 1. The summed E-state index contributed by atoms with van der Waals surface area (Å²) in [6.07, 6.45) is 1.57. The highest BCUT2D eigenvalue weighted by Crippen LogP contribution is 2.04. The summed E-state index contributed by atoms with van der Waals surface area (Å²) in [5, 5.41) is 7.19. The number of morpholine rings is 1. The summed E-state index contributed by atoms with van der Waals surface area (Å²) in [4.78, 5) is 4.25. The van der Waals surface area contributed by atoms with Gasteiger partial charge in [-0.3, -0.25) is 0 Å². The van der Waals surface area contributed by atoms with Gasteiger partial charge >= 0.3 is 0 Å². The molecule has 2 rings (SSSR count). The predicted octanol–water partition coefficient (Wildman–Crippen LogP) is 0.163. The molecule has 1 unspecified atom stereocenters. The fourth-order valence-electron chi connectivity index (χ4n) is 1.48. The van der Waals surface area contributed by atoms with Crippen molar-refractivity contribution in [1.29, 1.82) is 0 Å². The molecular weight excluding hydrogens is 182 g/mol. The lowest BCUT2D eigenvalue weighted by Crippen LogP contribution is -2.42. The lowest BCUT2D eigenvalue weighted by atomic mass is 10.2. The molecule has 1 aliphatic heterocycles. The van der Waals surface area contributed by atoms with Crippen LogP contribution in [0.1, 0.15) is 18.6 Å². The molecule has 0 amide bonds. The third kappa shape index (κ3) is 2.30. The summed E-state index contributed by atoms with van der Waals surface area (Å²) in [6, 6.07) is 0.314. The van der Waals surface area contributed by atoms with Crippen molar-refractivity contribution in [3.63, 3.8) is 0 Å². The summed E-state index contributed by atoms with van der Waals surface area (Å²) < 4.78 is 10.4. The van der Waals surface area contributed by atoms with Crippen LogP contribution in [-0.2, 0) is 17.6 Å². The molecule has 1 N–H and O–H groups in total. The van der Waals surface area contributed by atoms with Crippen LogP contribution >= 0.6 is 0 Å². The quantitative estimate of drug-likeness (QED) is 0.748. The highest BCUT2D eigenvalue weighted by atomic mass is 16.5. The zero-order valence-electron chi connectivity index (χ0n) is 8.32. The van der Waals surface area contributed by atoms with Crippen molar-refractivity contribution >= 4 is 0 Å². The summed E-state index contributed by atoms with van der Waals surface area (Å²) in [6.45, 7) is 4.43. The molecule has 1 aromatic heterocycles. The maximum absolute atomic E-state index is 5.34. The highest BCUT2D eigenvalue weighted by Gasteiger charge is 2.16. The van der Waals surface area contributed by atoms with E-state index in [0.29, 0.717) is 11.9 Å². The summed E-state index contributed by atoms with van der Waals surface area (Å²) >= 11 is 0. The van der Waals surface area contributed by atoms with E-state index in [9.17, 15) is 0 Å². The molecule has 0 saturated carbocycles. The molecule has 1 saturated heterocycles. The first-order chi connectivity index (χ1) is 6.88. The second-order valence-corrected chi connectivity index (χ2v) is 3.39. The van der Waals surface area contributed by atoms with E-state index >= 15 is 0 Å². The molecule has 0 spiro atoms. The average molecular weight is 197 g/mol. The van der Waals surface area contributed by atoms with Crippen LogP contribution in [0.5, 0.6) is 0 Å². The fourth-order valence-corrected chi connectivity index (χ4v) is 1.48. The Morgan fingerprint density at radius 1 is 1.57 bits per heavy atom. The zero-order valence-corrected chi connectivity index (χ0v) is 8.32. The Morgan fingerprint density at radius 3 is 3.14 bits per heavy atom. The molecule has 14 heavy (non-hydrogen) atoms. The first-order valence-corrected chi connectivity index (χ1v) is 5.01. The number of hydrogen-bond donors (Lipinski definition) is 1. The fraction of sp³-hybridized carbons (Fsp3) is 0.778. The van der Waals surface area contributed by atoms with Crippen molar-refractivity contribution in [2.24, 2.45) is 0 Å². The number of nitrogens with zero attached hydrogens (tertiary/aromatic N) is 2. The molecule has 0 radical (unpaired) electrons. The van der Waals surface area contributed by atoms with E-state index in [1.54, 1.807) is 0 Å². The largest absolute Gasteiger partial charge is 0.378 e. The molecule has 0 aliphatic carbocycles. The van der Waals surface area contributed by atoms with Crippen molar-refractivity contribution in [2.75, 3.05) is 19.8 Å². The van der Waals surface area contributed by atoms with E-state index in [2.05, 4.69) is 15.5 Å². The topological polar surface area (TPSA) is 60.2 Å². The van der Waals surface area contributed by atoms with Crippen LogP contribution in [0.25, 0.3) is 0 Å². The van der Waals surface area contributed by atoms with Gasteiger partial charge in [-0.1, -0.05) is 12.1 Å². The number of rotatable bonds is 3. The number of aryl methyl sites for hydroxylation is 1. The van der Waals surface area contributed by atoms with Crippen LogP contribution in [0, 0.1) is 0 Å². The third-order valence-corrected chi connectivity index (χ3v) is 2.25. The van der Waals surface area contributed by atoms with Crippen LogP contribution in [-0.4, -0.2) is 35.9 Å². The van der Waals surface area contributed by atoms with Crippen LogP contribution in [0.3, 0.4) is 0 Å². The summed E-state index contributed by atoms with van der Waals surface area (Å²) in [5.74, 6) is 1.47. The van der Waals surface area contributed by atoms with Crippen LogP contribution in [0.2, 0.25) is 0 Å². The Kier molecular flexibility index (Phi) is 3.10. The van der Waals surface area contributed by atoms with Crippen molar-refractivity contribution < 1.29 is 9.26 Å². The molecule has 1 atom stereocenters. The number of hydrogen-bond acceptors (Lipinski definition) is 5. The van der Waals surface area contributed by atoms with Crippen molar-refractivity contribution in [3.8, 4) is 0 Å². The molecule has 0 aromatic carbocycles. The maximum Gasteiger partial charge on any atom is 0.228 e. The van der Waals surface area contributed by atoms with Crippen molar-refractivity contribution in [3.05, 3.63) is 11.7 Å². The number of nitrogens with one attached hydrogen (secondary N) is 1. The Hall–Kier alpha value is -0.940. The highest BCUT2D eigenvalue weighted by molar-refractivity contribution is 4.89. The molecule has 5 nitrogen and oxygen atoms in total. The van der Waals surface area contributed by atoms with Gasteiger partial charge in [0.15, 0.2) is 5.82 Å². The SMILES string of the molecule is CCc1noc(CC2COCCN2)n1. The van der Waals surface area contributed by atoms with Gasteiger partial charge in [-0.25, -0.2) is 0 Å². The molecule has 2 heterocycles. The Labute approximate surface area is 82.8 Å². The van der Waals surface area contributed by atoms with E-state index in [-0.39, 0.29) is 0 Å². The van der Waals surface area contributed by atoms with Gasteiger partial charge in [0.05, 0.1) is 13.2 Å².